The first-order valence-electron chi connectivity index (χ1n) is 2.50. The number of alkyl halides is 2. The predicted octanol–water partition coefficient (Wildman–Crippen LogP) is 4.87. The summed E-state index contributed by atoms with van der Waals surface area (Å²) in [6.07, 6.45) is 2.08. The first-order valence-corrected chi connectivity index (χ1v) is 13.9. The minimum atomic E-state index is -0.701. The molecule has 1 radical (unpaired) electrons. The van der Waals surface area contributed by atoms with E-state index in [0.29, 0.717) is 3.74 Å². The van der Waals surface area contributed by atoms with Crippen molar-refractivity contribution in [2.75, 3.05) is 0 Å². The van der Waals surface area contributed by atoms with E-state index in [1.165, 1.54) is 0 Å². The zero-order valence-corrected chi connectivity index (χ0v) is 14.3. The van der Waals surface area contributed by atoms with Crippen LogP contribution in [0.25, 0.3) is 0 Å². The van der Waals surface area contributed by atoms with Crippen molar-refractivity contribution in [1.82, 2.24) is 0 Å². The number of rotatable bonds is 2. The maximum absolute atomic E-state index is 3.67. The van der Waals surface area contributed by atoms with Crippen LogP contribution in [-0.2, 0) is 0 Å². The smallest absolute Gasteiger partial charge is 0.181 e. The van der Waals surface area contributed by atoms with Gasteiger partial charge in [0.05, 0.1) is 3.74 Å². The highest BCUT2D eigenvalue weighted by Crippen LogP contribution is 2.13. The third kappa shape index (κ3) is 30.6. The molecular weight excluding hydrogens is 475 g/mol. The normalized spacial score (nSPS) is 8.70. The summed E-state index contributed by atoms with van der Waals surface area (Å²) >= 11 is 16.4. The second-order valence-electron chi connectivity index (χ2n) is 1.28. The second kappa shape index (κ2) is 11.9. The molecule has 6 heteroatoms. The second-order valence-corrected chi connectivity index (χ2v) is 24.5. The van der Waals surface area contributed by atoms with E-state index >= 15 is 0 Å². The average Bonchev–Trinajstić information content (AvgIpc) is 1.62. The first-order chi connectivity index (χ1) is 4.50. The molecule has 0 heterocycles. The lowest BCUT2D eigenvalue weighted by atomic mass is 10.4. The van der Waals surface area contributed by atoms with E-state index in [2.05, 4.69) is 80.9 Å². The fraction of sp³-hybridized carbons (Fsp3) is 0.750. The van der Waals surface area contributed by atoms with Crippen LogP contribution < -0.4 is 0 Å². The summed E-state index contributed by atoms with van der Waals surface area (Å²) in [6.45, 7) is 3.67. The summed E-state index contributed by atoms with van der Waals surface area (Å²) in [7, 11) is -0.701. The Morgan fingerprint density at radius 2 is 1.50 bits per heavy atom. The Labute approximate surface area is 104 Å². The van der Waals surface area contributed by atoms with E-state index in [9.17, 15) is 0 Å². The van der Waals surface area contributed by atoms with E-state index in [1.807, 2.05) is 0 Å². The van der Waals surface area contributed by atoms with Crippen molar-refractivity contribution < 1.29 is 0 Å². The molecule has 0 fully saturated rings. The lowest BCUT2D eigenvalue weighted by Gasteiger charge is -1.91. The lowest BCUT2D eigenvalue weighted by Crippen LogP contribution is -1.79. The number of halogens is 5. The summed E-state index contributed by atoms with van der Waals surface area (Å²) in [4.78, 5) is 0. The van der Waals surface area contributed by atoms with Gasteiger partial charge in [-0.3, -0.25) is 0 Å². The Morgan fingerprint density at radius 3 is 1.50 bits per heavy atom. The Kier molecular flexibility index (Phi) is 18.4. The molecule has 0 rings (SSSR count). The van der Waals surface area contributed by atoms with Crippen molar-refractivity contribution in [3.63, 3.8) is 0 Å². The molecular formula is C4H7AlBr5. The van der Waals surface area contributed by atoms with Gasteiger partial charge in [0, 0.05) is 0 Å². The highest BCUT2D eigenvalue weighted by atomic mass is 80.0. The van der Waals surface area contributed by atoms with Crippen molar-refractivity contribution >= 4 is 82.7 Å². The molecule has 0 spiro atoms. The Balaban J connectivity index is 0. The van der Waals surface area contributed by atoms with Crippen LogP contribution in [0.4, 0.5) is 0 Å². The molecule has 61 valence electrons. The van der Waals surface area contributed by atoms with Crippen LogP contribution in [0.1, 0.15) is 12.8 Å². The quantitative estimate of drug-likeness (QED) is 0.390. The van der Waals surface area contributed by atoms with Crippen LogP contribution in [0.15, 0.2) is 0 Å². The summed E-state index contributed by atoms with van der Waals surface area (Å²) in [5.41, 5.74) is 0. The van der Waals surface area contributed by atoms with E-state index in [1.54, 1.807) is 0 Å². The molecule has 0 nitrogen and oxygen atoms in total. The van der Waals surface area contributed by atoms with Gasteiger partial charge in [0.2, 0.25) is 0 Å². The van der Waals surface area contributed by atoms with Gasteiger partial charge in [0.15, 0.2) is 0 Å². The first kappa shape index (κ1) is 15.4. The Hall–Kier alpha value is 2.93. The van der Waals surface area contributed by atoms with Gasteiger partial charge >= 0.3 is 8.67 Å². The molecule has 0 aromatic heterocycles. The third-order valence-electron chi connectivity index (χ3n) is 0.422. The van der Waals surface area contributed by atoms with Gasteiger partial charge in [-0.05, 0) is 6.42 Å². The minimum absolute atomic E-state index is 0.461. The molecule has 0 aliphatic carbocycles. The molecule has 0 saturated heterocycles. The maximum atomic E-state index is 3.67. The fourth-order valence-corrected chi connectivity index (χ4v) is 0.802. The molecule has 0 aromatic carbocycles. The van der Waals surface area contributed by atoms with Gasteiger partial charge in [-0.1, -0.05) is 45.2 Å². The highest BCUT2D eigenvalue weighted by molar-refractivity contribution is 9.69. The van der Waals surface area contributed by atoms with Crippen LogP contribution in [0.3, 0.4) is 0 Å². The predicted molar refractivity (Wildman–Crippen MR) is 68.8 cm³/mol. The Morgan fingerprint density at radius 1 is 1.20 bits per heavy atom. The molecule has 0 aliphatic heterocycles. The van der Waals surface area contributed by atoms with E-state index in [-0.39, 0.29) is 0 Å². The van der Waals surface area contributed by atoms with Crippen LogP contribution in [0, 0.1) is 6.92 Å². The van der Waals surface area contributed by atoms with Crippen LogP contribution in [0.5, 0.6) is 0 Å². The molecule has 0 amide bonds. The van der Waals surface area contributed by atoms with Crippen LogP contribution in [-0.4, -0.2) is 12.4 Å². The van der Waals surface area contributed by atoms with Crippen LogP contribution >= 0.6 is 74.0 Å². The zero-order valence-electron chi connectivity index (χ0n) is 5.17. The topological polar surface area (TPSA) is 0 Å². The number of hydrogen-bond donors (Lipinski definition) is 0. The summed E-state index contributed by atoms with van der Waals surface area (Å²) in [6, 6.07) is 0. The van der Waals surface area contributed by atoms with Crippen molar-refractivity contribution in [1.29, 1.82) is 0 Å². The largest absolute Gasteiger partial charge is 0.542 e. The minimum Gasteiger partial charge on any atom is -0.181 e. The Bertz CT molecular complexity index is 54.9. The SMILES string of the molecule is [Br][Al]([Br])[Br].[CH2]CCC(Br)Br. The monoisotopic (exact) mass is 477 g/mol. The van der Waals surface area contributed by atoms with Crippen LogP contribution in [0.2, 0.25) is 0 Å². The third-order valence-corrected chi connectivity index (χ3v) is 1.34. The summed E-state index contributed by atoms with van der Waals surface area (Å²) in [5.74, 6) is 0. The summed E-state index contributed by atoms with van der Waals surface area (Å²) < 4.78 is 0.461. The molecule has 10 heavy (non-hydrogen) atoms. The molecule has 0 atom stereocenters. The van der Waals surface area contributed by atoms with Gasteiger partial charge in [-0.2, -0.15) is 42.2 Å². The molecule has 0 aromatic rings. The number of hydrogen-bond acceptors (Lipinski definition) is 0. The van der Waals surface area contributed by atoms with Crippen molar-refractivity contribution in [2.24, 2.45) is 0 Å². The highest BCUT2D eigenvalue weighted by Gasteiger charge is 1.95. The molecule has 0 bridgehead atoms. The molecule has 0 unspecified atom stereocenters. The van der Waals surface area contributed by atoms with Crippen molar-refractivity contribution in [2.45, 2.75) is 16.6 Å². The van der Waals surface area contributed by atoms with Gasteiger partial charge < -0.3 is 0 Å². The van der Waals surface area contributed by atoms with E-state index in [4.69, 9.17) is 0 Å². The van der Waals surface area contributed by atoms with Crippen molar-refractivity contribution in [3.05, 3.63) is 6.92 Å². The van der Waals surface area contributed by atoms with Crippen molar-refractivity contribution in [3.8, 4) is 0 Å². The average molecular weight is 482 g/mol. The molecule has 0 saturated carbocycles. The standard InChI is InChI=1S/C4H7Br2.Al.3BrH/c1-2-3-4(5)6;;;;/h4H,1-3H2;;3*1H/q;+3;;;/p-3. The summed E-state index contributed by atoms with van der Waals surface area (Å²) in [5, 5.41) is 0. The van der Waals surface area contributed by atoms with E-state index < -0.39 is 8.67 Å². The molecule has 0 N–H and O–H groups in total. The van der Waals surface area contributed by atoms with Gasteiger partial charge in [-0.25, -0.2) is 0 Å². The maximum Gasteiger partial charge on any atom is 0.542 e. The van der Waals surface area contributed by atoms with Gasteiger partial charge in [0.25, 0.3) is 0 Å². The van der Waals surface area contributed by atoms with Gasteiger partial charge in [0.1, 0.15) is 0 Å². The van der Waals surface area contributed by atoms with E-state index in [0.717, 1.165) is 12.8 Å². The zero-order chi connectivity index (χ0) is 8.57. The fourth-order valence-electron chi connectivity index (χ4n) is 0.154. The van der Waals surface area contributed by atoms with Gasteiger partial charge in [-0.15, -0.1) is 0 Å². The molecule has 0 aliphatic rings. The lowest BCUT2D eigenvalue weighted by molar-refractivity contribution is 0.952.